The number of rotatable bonds is 6. The monoisotopic (exact) mass is 487 g/mol. The van der Waals surface area contributed by atoms with Gasteiger partial charge in [-0.25, -0.2) is 4.68 Å². The maximum atomic E-state index is 13.6. The van der Waals surface area contributed by atoms with Crippen molar-refractivity contribution < 1.29 is 4.79 Å². The smallest absolute Gasteiger partial charge is 0.255 e. The van der Waals surface area contributed by atoms with Crippen LogP contribution in [0.15, 0.2) is 82.5 Å². The predicted octanol–water partition coefficient (Wildman–Crippen LogP) is 6.18. The van der Waals surface area contributed by atoms with Gasteiger partial charge >= 0.3 is 0 Å². The molecule has 1 aliphatic heterocycles. The Labute approximate surface area is 207 Å². The van der Waals surface area contributed by atoms with Crippen LogP contribution in [0, 0.1) is 13.8 Å². The third-order valence-corrected chi connectivity index (χ3v) is 7.56. The van der Waals surface area contributed by atoms with Gasteiger partial charge in [-0.1, -0.05) is 65.9 Å². The number of carbonyl (C=O) groups excluding carboxylic acids is 1. The van der Waals surface area contributed by atoms with E-state index in [1.54, 1.807) is 23.1 Å². The summed E-state index contributed by atoms with van der Waals surface area (Å²) in [5.74, 6) is 1.28. The number of benzene rings is 2. The molecule has 3 heterocycles. The van der Waals surface area contributed by atoms with Crippen molar-refractivity contribution in [2.75, 3.05) is 10.6 Å². The zero-order valence-electron chi connectivity index (χ0n) is 19.2. The molecule has 172 valence electrons. The lowest BCUT2D eigenvalue weighted by Gasteiger charge is -2.27. The maximum Gasteiger partial charge on any atom is 0.255 e. The van der Waals surface area contributed by atoms with E-state index >= 15 is 0 Å². The van der Waals surface area contributed by atoms with E-state index in [9.17, 15) is 4.79 Å². The number of amides is 1. The SMILES string of the molecule is CC1=C(C(=O)Nc2ccc(C)cc2C)C(c2cccs2)n2nc(SCc3ccccc3)nc2N1. The summed E-state index contributed by atoms with van der Waals surface area (Å²) in [5, 5.41) is 13.9. The van der Waals surface area contributed by atoms with Crippen LogP contribution in [0.3, 0.4) is 0 Å². The number of nitrogens with zero attached hydrogens (tertiary/aromatic N) is 3. The third-order valence-electron chi connectivity index (χ3n) is 5.73. The molecule has 0 spiro atoms. The first-order chi connectivity index (χ1) is 16.5. The quantitative estimate of drug-likeness (QED) is 0.318. The van der Waals surface area contributed by atoms with Crippen molar-refractivity contribution in [3.05, 3.63) is 98.9 Å². The number of thiophene rings is 1. The predicted molar refractivity (Wildman–Crippen MR) is 139 cm³/mol. The molecule has 1 aliphatic rings. The van der Waals surface area contributed by atoms with Crippen molar-refractivity contribution in [2.45, 2.75) is 37.7 Å². The van der Waals surface area contributed by atoms with Gasteiger partial charge in [0.2, 0.25) is 11.1 Å². The van der Waals surface area contributed by atoms with Crippen molar-refractivity contribution in [1.82, 2.24) is 14.8 Å². The average molecular weight is 488 g/mol. The summed E-state index contributed by atoms with van der Waals surface area (Å²) in [6.07, 6.45) is 0. The van der Waals surface area contributed by atoms with Gasteiger partial charge in [0.1, 0.15) is 6.04 Å². The lowest BCUT2D eigenvalue weighted by Crippen LogP contribution is -2.31. The number of thioether (sulfide) groups is 1. The van der Waals surface area contributed by atoms with Crippen LogP contribution in [0.25, 0.3) is 0 Å². The molecule has 0 saturated carbocycles. The molecule has 1 unspecified atom stereocenters. The minimum absolute atomic E-state index is 0.144. The van der Waals surface area contributed by atoms with E-state index in [1.807, 2.05) is 73.3 Å². The highest BCUT2D eigenvalue weighted by atomic mass is 32.2. The van der Waals surface area contributed by atoms with E-state index in [2.05, 4.69) is 28.8 Å². The molecular weight excluding hydrogens is 462 g/mol. The molecule has 8 heteroatoms. The molecule has 34 heavy (non-hydrogen) atoms. The number of aryl methyl sites for hydroxylation is 2. The van der Waals surface area contributed by atoms with E-state index in [0.717, 1.165) is 33.1 Å². The Morgan fingerprint density at radius 1 is 1.12 bits per heavy atom. The molecule has 2 N–H and O–H groups in total. The number of fused-ring (bicyclic) bond motifs is 1. The minimum atomic E-state index is -0.347. The van der Waals surface area contributed by atoms with Crippen LogP contribution in [-0.4, -0.2) is 20.7 Å². The first-order valence-corrected chi connectivity index (χ1v) is 12.9. The largest absolute Gasteiger partial charge is 0.328 e. The number of aromatic nitrogens is 3. The molecule has 2 aromatic heterocycles. The Morgan fingerprint density at radius 3 is 2.68 bits per heavy atom. The van der Waals surface area contributed by atoms with Gasteiger partial charge in [-0.3, -0.25) is 4.79 Å². The summed E-state index contributed by atoms with van der Waals surface area (Å²) in [4.78, 5) is 19.3. The van der Waals surface area contributed by atoms with Crippen LogP contribution in [0.2, 0.25) is 0 Å². The molecule has 0 saturated heterocycles. The van der Waals surface area contributed by atoms with E-state index in [0.29, 0.717) is 16.7 Å². The van der Waals surface area contributed by atoms with E-state index < -0.39 is 0 Å². The molecule has 0 radical (unpaired) electrons. The van der Waals surface area contributed by atoms with Gasteiger partial charge in [0, 0.05) is 22.0 Å². The van der Waals surface area contributed by atoms with Crippen molar-refractivity contribution in [3.8, 4) is 0 Å². The Bertz CT molecular complexity index is 1360. The summed E-state index contributed by atoms with van der Waals surface area (Å²) < 4.78 is 1.84. The maximum absolute atomic E-state index is 13.6. The fourth-order valence-corrected chi connectivity index (χ4v) is 5.67. The van der Waals surface area contributed by atoms with E-state index in [1.165, 1.54) is 5.56 Å². The Hall–Kier alpha value is -3.36. The number of nitrogens with one attached hydrogen (secondary N) is 2. The van der Waals surface area contributed by atoms with Crippen molar-refractivity contribution in [1.29, 1.82) is 0 Å². The first-order valence-electron chi connectivity index (χ1n) is 11.0. The zero-order chi connectivity index (χ0) is 23.7. The molecule has 1 amide bonds. The summed E-state index contributed by atoms with van der Waals surface area (Å²) in [6.45, 7) is 5.97. The molecule has 1 atom stereocenters. The molecule has 4 aromatic rings. The van der Waals surface area contributed by atoms with Crippen LogP contribution in [0.1, 0.15) is 34.5 Å². The van der Waals surface area contributed by atoms with Gasteiger partial charge < -0.3 is 10.6 Å². The molecule has 2 aromatic carbocycles. The summed E-state index contributed by atoms with van der Waals surface area (Å²) >= 11 is 3.19. The highest BCUT2D eigenvalue weighted by Gasteiger charge is 2.35. The summed E-state index contributed by atoms with van der Waals surface area (Å²) in [5.41, 5.74) is 5.63. The zero-order valence-corrected chi connectivity index (χ0v) is 20.8. The Morgan fingerprint density at radius 2 is 1.94 bits per heavy atom. The third kappa shape index (κ3) is 4.51. The molecule has 0 bridgehead atoms. The van der Waals surface area contributed by atoms with Crippen LogP contribution < -0.4 is 10.6 Å². The van der Waals surface area contributed by atoms with Gasteiger partial charge in [0.15, 0.2) is 0 Å². The average Bonchev–Trinajstić information content (AvgIpc) is 3.49. The highest BCUT2D eigenvalue weighted by Crippen LogP contribution is 2.38. The molecule has 0 fully saturated rings. The Balaban J connectivity index is 1.46. The van der Waals surface area contributed by atoms with Gasteiger partial charge in [0.05, 0.1) is 5.57 Å². The number of anilines is 2. The number of allylic oxidation sites excluding steroid dienone is 1. The van der Waals surface area contributed by atoms with Crippen molar-refractivity contribution in [2.24, 2.45) is 0 Å². The fourth-order valence-electron chi connectivity index (χ4n) is 4.06. The van der Waals surface area contributed by atoms with Crippen molar-refractivity contribution in [3.63, 3.8) is 0 Å². The number of hydrogen-bond acceptors (Lipinski definition) is 6. The second-order valence-electron chi connectivity index (χ2n) is 8.29. The van der Waals surface area contributed by atoms with E-state index in [-0.39, 0.29) is 11.9 Å². The van der Waals surface area contributed by atoms with Gasteiger partial charge in [-0.2, -0.15) is 4.98 Å². The lowest BCUT2D eigenvalue weighted by molar-refractivity contribution is -0.113. The fraction of sp³-hybridized carbons (Fsp3) is 0.192. The molecule has 6 nitrogen and oxygen atoms in total. The van der Waals surface area contributed by atoms with Gasteiger partial charge in [0.25, 0.3) is 5.91 Å². The number of carbonyl (C=O) groups is 1. The van der Waals surface area contributed by atoms with Crippen LogP contribution in [-0.2, 0) is 10.5 Å². The van der Waals surface area contributed by atoms with E-state index in [4.69, 9.17) is 10.1 Å². The van der Waals surface area contributed by atoms with Gasteiger partial charge in [-0.15, -0.1) is 16.4 Å². The second kappa shape index (κ2) is 9.48. The lowest BCUT2D eigenvalue weighted by atomic mass is 10.0. The van der Waals surface area contributed by atoms with Crippen LogP contribution >= 0.6 is 23.1 Å². The normalized spacial score (nSPS) is 15.1. The Kier molecular flexibility index (Phi) is 6.26. The van der Waals surface area contributed by atoms with Crippen LogP contribution in [0.5, 0.6) is 0 Å². The summed E-state index contributed by atoms with van der Waals surface area (Å²) in [6, 6.07) is 20.0. The standard InChI is InChI=1S/C26H25N5OS2/c1-16-11-12-20(17(2)14-16)28-24(32)22-18(3)27-25-29-26(34-15-19-8-5-4-6-9-19)30-31(25)23(22)21-10-7-13-33-21/h4-14,23H,15H2,1-3H3,(H,28,32)(H,27,29,30). The second-order valence-corrected chi connectivity index (χ2v) is 10.2. The molecule has 5 rings (SSSR count). The van der Waals surface area contributed by atoms with Gasteiger partial charge in [-0.05, 0) is 49.4 Å². The van der Waals surface area contributed by atoms with Crippen molar-refractivity contribution >= 4 is 40.6 Å². The highest BCUT2D eigenvalue weighted by molar-refractivity contribution is 7.98. The number of hydrogen-bond donors (Lipinski definition) is 2. The van der Waals surface area contributed by atoms with Crippen LogP contribution in [0.4, 0.5) is 11.6 Å². The topological polar surface area (TPSA) is 71.8 Å². The summed E-state index contributed by atoms with van der Waals surface area (Å²) in [7, 11) is 0. The first kappa shape index (κ1) is 22.4. The molecular formula is C26H25N5OS2. The molecule has 0 aliphatic carbocycles. The minimum Gasteiger partial charge on any atom is -0.328 e.